The number of rotatable bonds is 15. The van der Waals surface area contributed by atoms with E-state index < -0.39 is 5.97 Å². The third-order valence-electron chi connectivity index (χ3n) is 4.32. The predicted molar refractivity (Wildman–Crippen MR) is 120 cm³/mol. The molecule has 162 valence electrons. The van der Waals surface area contributed by atoms with Gasteiger partial charge in [-0.25, -0.2) is 0 Å². The number of amides is 1. The summed E-state index contributed by atoms with van der Waals surface area (Å²) in [6.45, 7) is 11.9. The number of hydrogen-bond acceptors (Lipinski definition) is 2. The number of unbranched alkanes of at least 4 members (excludes halogenated alkanes) is 7. The van der Waals surface area contributed by atoms with E-state index in [2.05, 4.69) is 38.7 Å². The molecule has 0 aliphatic heterocycles. The number of hydrogen-bond donors (Lipinski definition) is 2. The van der Waals surface area contributed by atoms with E-state index in [0.29, 0.717) is 6.42 Å². The molecule has 0 aliphatic carbocycles. The molecule has 4 nitrogen and oxygen atoms in total. The molecule has 0 saturated heterocycles. The predicted octanol–water partition coefficient (Wildman–Crippen LogP) is 6.44. The van der Waals surface area contributed by atoms with Crippen LogP contribution in [0.1, 0.15) is 91.9 Å². The molecule has 0 fully saturated rings. The highest BCUT2D eigenvalue weighted by atomic mass is 16.4. The van der Waals surface area contributed by atoms with Gasteiger partial charge < -0.3 is 10.4 Å². The minimum Gasteiger partial charge on any atom is -0.480 e. The van der Waals surface area contributed by atoms with E-state index in [1.165, 1.54) is 50.5 Å². The van der Waals surface area contributed by atoms with Gasteiger partial charge >= 0.3 is 5.97 Å². The van der Waals surface area contributed by atoms with Gasteiger partial charge in [-0.3, -0.25) is 9.59 Å². The van der Waals surface area contributed by atoms with E-state index in [1.807, 2.05) is 19.1 Å². The molecule has 0 spiro atoms. The number of aliphatic carboxylic acids is 1. The molecular formula is C24H43NO3. The van der Waals surface area contributed by atoms with Crippen molar-refractivity contribution in [1.29, 1.82) is 0 Å². The van der Waals surface area contributed by atoms with Crippen molar-refractivity contribution in [3.63, 3.8) is 0 Å². The summed E-state index contributed by atoms with van der Waals surface area (Å²) in [6, 6.07) is 0. The van der Waals surface area contributed by atoms with Crippen LogP contribution in [-0.2, 0) is 9.59 Å². The molecule has 0 aliphatic rings. The quantitative estimate of drug-likeness (QED) is 0.248. The second-order valence-corrected chi connectivity index (χ2v) is 7.56. The molecule has 1 amide bonds. The molecule has 0 atom stereocenters. The molecule has 0 aromatic rings. The molecule has 28 heavy (non-hydrogen) atoms. The summed E-state index contributed by atoms with van der Waals surface area (Å²) in [6.07, 6.45) is 19.2. The number of carboxylic acid groups (broad SMARTS) is 1. The zero-order valence-electron chi connectivity index (χ0n) is 18.6. The Labute approximate surface area is 173 Å². The molecule has 2 N–H and O–H groups in total. The highest BCUT2D eigenvalue weighted by Crippen LogP contribution is 2.12. The van der Waals surface area contributed by atoms with Gasteiger partial charge in [0.05, 0.1) is 0 Å². The Morgan fingerprint density at radius 1 is 1.00 bits per heavy atom. The Balaban J connectivity index is 0. The van der Waals surface area contributed by atoms with Crippen molar-refractivity contribution in [3.8, 4) is 0 Å². The Morgan fingerprint density at radius 3 is 2.00 bits per heavy atom. The summed E-state index contributed by atoms with van der Waals surface area (Å²) in [5, 5.41) is 10.8. The summed E-state index contributed by atoms with van der Waals surface area (Å²) in [5.74, 6) is -0.320. The first-order valence-electron chi connectivity index (χ1n) is 10.7. The lowest BCUT2D eigenvalue weighted by Crippen LogP contribution is -2.28. The Hall–Kier alpha value is -1.84. The molecule has 4 heteroatoms. The first kappa shape index (κ1) is 28.4. The summed E-state index contributed by atoms with van der Waals surface area (Å²) in [5.41, 5.74) is 1.27. The SMILES string of the molecule is C=C/C=C\C(C)=C/C.CC(C)CCCCCCCCCCC(=O)NCC(=O)O. The molecule has 0 unspecified atom stereocenters. The molecule has 0 aromatic heterocycles. The second-order valence-electron chi connectivity index (χ2n) is 7.56. The van der Waals surface area contributed by atoms with Crippen LogP contribution in [0.3, 0.4) is 0 Å². The highest BCUT2D eigenvalue weighted by molar-refractivity contribution is 5.80. The third kappa shape index (κ3) is 26.4. The van der Waals surface area contributed by atoms with Crippen molar-refractivity contribution in [2.45, 2.75) is 91.9 Å². The second kappa shape index (κ2) is 21.5. The number of allylic oxidation sites excluding steroid dienone is 5. The number of nitrogens with one attached hydrogen (secondary N) is 1. The molecule has 0 radical (unpaired) electrons. The maximum absolute atomic E-state index is 11.2. The topological polar surface area (TPSA) is 66.4 Å². The molecule has 0 aromatic carbocycles. The van der Waals surface area contributed by atoms with Crippen molar-refractivity contribution < 1.29 is 14.7 Å². The molecule has 0 rings (SSSR count). The molecular weight excluding hydrogens is 350 g/mol. The average Bonchev–Trinajstić information content (AvgIpc) is 2.66. The number of carboxylic acids is 1. The maximum Gasteiger partial charge on any atom is 0.322 e. The van der Waals surface area contributed by atoms with E-state index in [1.54, 1.807) is 6.08 Å². The lowest BCUT2D eigenvalue weighted by atomic mass is 10.0. The summed E-state index contributed by atoms with van der Waals surface area (Å²) < 4.78 is 0. The van der Waals surface area contributed by atoms with Crippen molar-refractivity contribution >= 4 is 11.9 Å². The van der Waals surface area contributed by atoms with Gasteiger partial charge in [0.25, 0.3) is 0 Å². The van der Waals surface area contributed by atoms with Crippen LogP contribution in [-0.4, -0.2) is 23.5 Å². The average molecular weight is 394 g/mol. The fourth-order valence-corrected chi connectivity index (χ4v) is 2.48. The van der Waals surface area contributed by atoms with Crippen LogP contribution in [0.5, 0.6) is 0 Å². The van der Waals surface area contributed by atoms with Gasteiger partial charge in [-0.2, -0.15) is 0 Å². The zero-order valence-corrected chi connectivity index (χ0v) is 18.6. The molecule has 0 bridgehead atoms. The first-order chi connectivity index (χ1) is 13.3. The van der Waals surface area contributed by atoms with Crippen molar-refractivity contribution in [3.05, 3.63) is 36.5 Å². The van der Waals surface area contributed by atoms with Gasteiger partial charge in [0.1, 0.15) is 6.54 Å². The fraction of sp³-hybridized carbons (Fsp3) is 0.667. The highest BCUT2D eigenvalue weighted by Gasteiger charge is 2.03. The van der Waals surface area contributed by atoms with Crippen LogP contribution >= 0.6 is 0 Å². The van der Waals surface area contributed by atoms with Gasteiger partial charge in [-0.05, 0) is 26.2 Å². The summed E-state index contributed by atoms with van der Waals surface area (Å²) >= 11 is 0. The Bertz CT molecular complexity index is 464. The summed E-state index contributed by atoms with van der Waals surface area (Å²) in [7, 11) is 0. The Kier molecular flexibility index (Phi) is 21.7. The van der Waals surface area contributed by atoms with Crippen LogP contribution in [0, 0.1) is 5.92 Å². The number of carbonyl (C=O) groups excluding carboxylic acids is 1. The minimum absolute atomic E-state index is 0.152. The lowest BCUT2D eigenvalue weighted by Gasteiger charge is -2.05. The van der Waals surface area contributed by atoms with Crippen LogP contribution < -0.4 is 5.32 Å². The van der Waals surface area contributed by atoms with Crippen molar-refractivity contribution in [2.75, 3.05) is 6.54 Å². The standard InChI is InChI=1S/C16H31NO3.C8H12/c1-14(2)11-9-7-5-3-4-6-8-10-12-15(18)17-13-16(19)20;1-4-6-7-8(3)5-2/h14H,3-13H2,1-2H3,(H,17,18)(H,19,20);4-7H,1H2,2-3H3/b;7-6-,8-5-. The lowest BCUT2D eigenvalue weighted by molar-refractivity contribution is -0.137. The van der Waals surface area contributed by atoms with E-state index in [9.17, 15) is 9.59 Å². The maximum atomic E-state index is 11.2. The van der Waals surface area contributed by atoms with Gasteiger partial charge in [-0.15, -0.1) is 0 Å². The van der Waals surface area contributed by atoms with E-state index in [4.69, 9.17) is 5.11 Å². The van der Waals surface area contributed by atoms with Crippen LogP contribution in [0.25, 0.3) is 0 Å². The largest absolute Gasteiger partial charge is 0.480 e. The van der Waals surface area contributed by atoms with Gasteiger partial charge in [0, 0.05) is 6.42 Å². The number of carbonyl (C=O) groups is 2. The minimum atomic E-state index is -0.990. The van der Waals surface area contributed by atoms with Gasteiger partial charge in [-0.1, -0.05) is 102 Å². The fourth-order valence-electron chi connectivity index (χ4n) is 2.48. The molecule has 0 heterocycles. The molecule has 0 saturated carbocycles. The first-order valence-corrected chi connectivity index (χ1v) is 10.7. The smallest absolute Gasteiger partial charge is 0.322 e. The van der Waals surface area contributed by atoms with Crippen molar-refractivity contribution in [1.82, 2.24) is 5.32 Å². The summed E-state index contributed by atoms with van der Waals surface area (Å²) in [4.78, 5) is 21.5. The zero-order chi connectivity index (χ0) is 21.6. The monoisotopic (exact) mass is 393 g/mol. The van der Waals surface area contributed by atoms with Crippen LogP contribution in [0.4, 0.5) is 0 Å². The van der Waals surface area contributed by atoms with Crippen molar-refractivity contribution in [2.24, 2.45) is 5.92 Å². The Morgan fingerprint density at radius 2 is 1.54 bits per heavy atom. The van der Waals surface area contributed by atoms with E-state index >= 15 is 0 Å². The van der Waals surface area contributed by atoms with Crippen LogP contribution in [0.2, 0.25) is 0 Å². The van der Waals surface area contributed by atoms with E-state index in [0.717, 1.165) is 18.8 Å². The third-order valence-corrected chi connectivity index (χ3v) is 4.32. The van der Waals surface area contributed by atoms with Gasteiger partial charge in [0.2, 0.25) is 5.91 Å². The van der Waals surface area contributed by atoms with Gasteiger partial charge in [0.15, 0.2) is 0 Å². The van der Waals surface area contributed by atoms with E-state index in [-0.39, 0.29) is 12.5 Å². The normalized spacial score (nSPS) is 11.2. The van der Waals surface area contributed by atoms with Crippen LogP contribution in [0.15, 0.2) is 36.5 Å².